The van der Waals surface area contributed by atoms with Gasteiger partial charge >= 0.3 is 0 Å². The van der Waals surface area contributed by atoms with Gasteiger partial charge in [0.25, 0.3) is 0 Å². The van der Waals surface area contributed by atoms with Gasteiger partial charge in [-0.15, -0.1) is 0 Å². The third-order valence-electron chi connectivity index (χ3n) is 3.84. The van der Waals surface area contributed by atoms with Gasteiger partial charge in [0, 0.05) is 5.69 Å². The van der Waals surface area contributed by atoms with Gasteiger partial charge in [-0.05, 0) is 71.7 Å². The highest BCUT2D eigenvalue weighted by molar-refractivity contribution is 5.91. The molecule has 0 saturated heterocycles. The minimum Gasteiger partial charge on any atom is -0.399 e. The maximum atomic E-state index is 14.1. The molecule has 0 spiro atoms. The molecule has 2 aromatic rings. The fourth-order valence-electron chi connectivity index (χ4n) is 2.72. The number of hydrogen-bond acceptors (Lipinski definition) is 1. The van der Waals surface area contributed by atoms with Crippen molar-refractivity contribution in [1.82, 2.24) is 0 Å². The Hall–Kier alpha value is -1.57. The Balaban J connectivity index is 0.000000704. The Bertz CT molecular complexity index is 600. The molecule has 3 rings (SSSR count). The fourth-order valence-corrected chi connectivity index (χ4v) is 2.72. The number of benzene rings is 2. The van der Waals surface area contributed by atoms with Crippen LogP contribution in [0.3, 0.4) is 0 Å². The molecule has 108 valence electrons. The van der Waals surface area contributed by atoms with Crippen LogP contribution in [-0.4, -0.2) is 0 Å². The molecule has 20 heavy (non-hydrogen) atoms. The van der Waals surface area contributed by atoms with Crippen LogP contribution in [0.5, 0.6) is 0 Å². The van der Waals surface area contributed by atoms with E-state index in [-0.39, 0.29) is 5.82 Å². The molecule has 2 heteroatoms. The minimum atomic E-state index is -0.0612. The lowest BCUT2D eigenvalue weighted by atomic mass is 9.94. The van der Waals surface area contributed by atoms with E-state index in [9.17, 15) is 4.39 Å². The number of rotatable bonds is 3. The summed E-state index contributed by atoms with van der Waals surface area (Å²) < 4.78 is 14.1. The molecule has 1 aliphatic carbocycles. The van der Waals surface area contributed by atoms with Crippen LogP contribution in [0.1, 0.15) is 44.7 Å². The lowest BCUT2D eigenvalue weighted by Crippen LogP contribution is -1.99. The molecule has 2 aromatic carbocycles. The van der Waals surface area contributed by atoms with E-state index < -0.39 is 0 Å². The summed E-state index contributed by atoms with van der Waals surface area (Å²) >= 11 is 0. The van der Waals surface area contributed by atoms with Crippen LogP contribution in [0.4, 0.5) is 10.1 Å². The van der Waals surface area contributed by atoms with Crippen LogP contribution >= 0.6 is 0 Å². The van der Waals surface area contributed by atoms with Gasteiger partial charge in [0.15, 0.2) is 0 Å². The molecule has 2 N–H and O–H groups in total. The lowest BCUT2D eigenvalue weighted by Gasteiger charge is -2.13. The van der Waals surface area contributed by atoms with Crippen molar-refractivity contribution in [3.63, 3.8) is 0 Å². The van der Waals surface area contributed by atoms with Gasteiger partial charge in [0.1, 0.15) is 5.82 Å². The first-order valence-corrected chi connectivity index (χ1v) is 7.68. The van der Waals surface area contributed by atoms with Crippen LogP contribution in [-0.2, 0) is 12.8 Å². The maximum absolute atomic E-state index is 14.1. The van der Waals surface area contributed by atoms with Crippen LogP contribution in [0.15, 0.2) is 24.3 Å². The molecule has 0 heterocycles. The molecule has 1 fully saturated rings. The number of nitrogens with two attached hydrogens (primary N) is 1. The summed E-state index contributed by atoms with van der Waals surface area (Å²) in [7, 11) is 0. The zero-order valence-corrected chi connectivity index (χ0v) is 12.7. The van der Waals surface area contributed by atoms with Gasteiger partial charge in [0.2, 0.25) is 0 Å². The second kappa shape index (κ2) is 6.25. The molecule has 0 atom stereocenters. The van der Waals surface area contributed by atoms with Crippen molar-refractivity contribution in [2.75, 3.05) is 5.73 Å². The van der Waals surface area contributed by atoms with Crippen molar-refractivity contribution in [2.24, 2.45) is 5.92 Å². The summed E-state index contributed by atoms with van der Waals surface area (Å²) in [4.78, 5) is 0. The predicted molar refractivity (Wildman–Crippen MR) is 85.5 cm³/mol. The number of hydrogen-bond donors (Lipinski definition) is 1. The normalized spacial score (nSPS) is 14.0. The Kier molecular flexibility index (Phi) is 4.64. The van der Waals surface area contributed by atoms with Crippen LogP contribution in [0.25, 0.3) is 10.8 Å². The van der Waals surface area contributed by atoms with Crippen LogP contribution in [0.2, 0.25) is 0 Å². The number of aryl methyl sites for hydroxylation is 1. The number of fused-ring (bicyclic) bond motifs is 1. The quantitative estimate of drug-likeness (QED) is 0.773. The van der Waals surface area contributed by atoms with E-state index in [0.717, 1.165) is 34.9 Å². The Morgan fingerprint density at radius 1 is 1.20 bits per heavy atom. The zero-order valence-electron chi connectivity index (χ0n) is 12.7. The fraction of sp³-hybridized carbons (Fsp3) is 0.444. The third kappa shape index (κ3) is 2.95. The SMILES string of the molecule is CC.CCc1cc(N)cc2ccc(F)c(CC3CC3)c12. The smallest absolute Gasteiger partial charge is 0.127 e. The summed E-state index contributed by atoms with van der Waals surface area (Å²) in [5.74, 6) is 0.626. The highest BCUT2D eigenvalue weighted by Gasteiger charge is 2.24. The molecule has 0 aliphatic heterocycles. The van der Waals surface area contributed by atoms with Crippen molar-refractivity contribution in [2.45, 2.75) is 46.5 Å². The number of nitrogen functional groups attached to an aromatic ring is 1. The molecule has 0 amide bonds. The van der Waals surface area contributed by atoms with Crippen molar-refractivity contribution in [3.8, 4) is 0 Å². The second-order valence-corrected chi connectivity index (χ2v) is 5.31. The van der Waals surface area contributed by atoms with Gasteiger partial charge in [0.05, 0.1) is 0 Å². The van der Waals surface area contributed by atoms with Crippen LogP contribution in [0, 0.1) is 11.7 Å². The minimum absolute atomic E-state index is 0.0612. The molecule has 0 unspecified atom stereocenters. The van der Waals surface area contributed by atoms with E-state index in [1.807, 2.05) is 32.0 Å². The van der Waals surface area contributed by atoms with Gasteiger partial charge in [-0.1, -0.05) is 26.8 Å². The molecular formula is C18H24FN. The Morgan fingerprint density at radius 2 is 1.90 bits per heavy atom. The average molecular weight is 273 g/mol. The lowest BCUT2D eigenvalue weighted by molar-refractivity contribution is 0.605. The molecule has 0 bridgehead atoms. The Morgan fingerprint density at radius 3 is 2.50 bits per heavy atom. The van der Waals surface area contributed by atoms with E-state index in [1.165, 1.54) is 18.4 Å². The first-order chi connectivity index (χ1) is 9.69. The van der Waals surface area contributed by atoms with Gasteiger partial charge in [-0.3, -0.25) is 0 Å². The highest BCUT2D eigenvalue weighted by Crippen LogP contribution is 2.37. The molecule has 1 aliphatic rings. The predicted octanol–water partition coefficient (Wildman–Crippen LogP) is 5.10. The number of halogens is 1. The largest absolute Gasteiger partial charge is 0.399 e. The van der Waals surface area contributed by atoms with Crippen molar-refractivity contribution in [1.29, 1.82) is 0 Å². The van der Waals surface area contributed by atoms with Gasteiger partial charge < -0.3 is 5.73 Å². The second-order valence-electron chi connectivity index (χ2n) is 5.31. The summed E-state index contributed by atoms with van der Waals surface area (Å²) in [5.41, 5.74) is 8.74. The molecule has 0 radical (unpaired) electrons. The summed E-state index contributed by atoms with van der Waals surface area (Å²) in [6.45, 7) is 6.10. The molecule has 0 aromatic heterocycles. The zero-order chi connectivity index (χ0) is 14.7. The van der Waals surface area contributed by atoms with Crippen molar-refractivity contribution < 1.29 is 4.39 Å². The van der Waals surface area contributed by atoms with E-state index in [1.54, 1.807) is 6.07 Å². The van der Waals surface area contributed by atoms with E-state index >= 15 is 0 Å². The first kappa shape index (κ1) is 14.8. The third-order valence-corrected chi connectivity index (χ3v) is 3.84. The van der Waals surface area contributed by atoms with E-state index in [0.29, 0.717) is 5.92 Å². The van der Waals surface area contributed by atoms with Gasteiger partial charge in [-0.2, -0.15) is 0 Å². The van der Waals surface area contributed by atoms with Crippen LogP contribution < -0.4 is 5.73 Å². The summed E-state index contributed by atoms with van der Waals surface area (Å²) in [5, 5.41) is 2.17. The average Bonchev–Trinajstić information content (AvgIpc) is 3.27. The number of anilines is 1. The topological polar surface area (TPSA) is 26.0 Å². The van der Waals surface area contributed by atoms with Gasteiger partial charge in [-0.25, -0.2) is 4.39 Å². The van der Waals surface area contributed by atoms with Crippen molar-refractivity contribution >= 4 is 16.5 Å². The standard InChI is InChI=1S/C16H18FN.C2H6/c1-2-11-8-13(18)9-12-5-6-15(17)14(16(11)12)7-10-3-4-10;1-2/h5-6,8-10H,2-4,7,18H2,1H3;1-2H3. The molecular weight excluding hydrogens is 249 g/mol. The summed E-state index contributed by atoms with van der Waals surface area (Å²) in [6, 6.07) is 7.36. The van der Waals surface area contributed by atoms with Crippen molar-refractivity contribution in [3.05, 3.63) is 41.2 Å². The summed E-state index contributed by atoms with van der Waals surface area (Å²) in [6.07, 6.45) is 4.25. The highest BCUT2D eigenvalue weighted by atomic mass is 19.1. The monoisotopic (exact) mass is 273 g/mol. The first-order valence-electron chi connectivity index (χ1n) is 7.68. The van der Waals surface area contributed by atoms with E-state index in [4.69, 9.17) is 5.73 Å². The molecule has 1 saturated carbocycles. The Labute approximate surface area is 121 Å². The maximum Gasteiger partial charge on any atom is 0.127 e. The van der Waals surface area contributed by atoms with E-state index in [2.05, 4.69) is 6.92 Å². The molecule has 1 nitrogen and oxygen atoms in total.